The van der Waals surface area contributed by atoms with E-state index in [4.69, 9.17) is 0 Å². The lowest BCUT2D eigenvalue weighted by Crippen LogP contribution is -2.42. The number of aromatic amines is 1. The number of H-pyrrole nitrogens is 1. The van der Waals surface area contributed by atoms with Gasteiger partial charge in [-0.05, 0) is 45.4 Å². The molecule has 96 valence electrons. The molecule has 0 unspecified atom stereocenters. The summed E-state index contributed by atoms with van der Waals surface area (Å²) < 4.78 is 0. The normalized spacial score (nSPS) is 18.6. The van der Waals surface area contributed by atoms with Crippen LogP contribution in [0.5, 0.6) is 0 Å². The van der Waals surface area contributed by atoms with Gasteiger partial charge in [0.25, 0.3) is 0 Å². The van der Waals surface area contributed by atoms with Gasteiger partial charge in [-0.15, -0.1) is 0 Å². The van der Waals surface area contributed by atoms with Crippen LogP contribution < -0.4 is 5.32 Å². The van der Waals surface area contributed by atoms with E-state index in [1.807, 2.05) is 0 Å². The molecule has 0 aromatic carbocycles. The molecule has 0 spiro atoms. The highest BCUT2D eigenvalue weighted by Crippen LogP contribution is 2.09. The van der Waals surface area contributed by atoms with Gasteiger partial charge in [0, 0.05) is 12.5 Å². The van der Waals surface area contributed by atoms with Crippen molar-refractivity contribution in [3.63, 3.8) is 0 Å². The molecule has 2 rings (SSSR count). The Bertz CT molecular complexity index is 290. The fourth-order valence-corrected chi connectivity index (χ4v) is 2.37. The van der Waals surface area contributed by atoms with Crippen LogP contribution in [0.3, 0.4) is 0 Å². The lowest BCUT2D eigenvalue weighted by atomic mass is 10.1. The molecular weight excluding hydrogens is 214 g/mol. The van der Waals surface area contributed by atoms with Crippen molar-refractivity contribution in [1.82, 2.24) is 25.4 Å². The van der Waals surface area contributed by atoms with E-state index in [1.54, 1.807) is 6.33 Å². The average Bonchev–Trinajstić information content (AvgIpc) is 2.88. The minimum absolute atomic E-state index is 0.715. The first-order valence-electron chi connectivity index (χ1n) is 6.68. The molecule has 0 atom stereocenters. The molecule has 2 heterocycles. The van der Waals surface area contributed by atoms with Crippen molar-refractivity contribution in [2.24, 2.45) is 0 Å². The van der Waals surface area contributed by atoms with Gasteiger partial charge in [0.2, 0.25) is 0 Å². The molecule has 5 nitrogen and oxygen atoms in total. The monoisotopic (exact) mass is 237 g/mol. The van der Waals surface area contributed by atoms with Crippen LogP contribution in [0.2, 0.25) is 0 Å². The molecule has 1 aromatic heterocycles. The second-order valence-electron chi connectivity index (χ2n) is 4.70. The zero-order valence-electron chi connectivity index (χ0n) is 10.7. The first kappa shape index (κ1) is 12.5. The van der Waals surface area contributed by atoms with E-state index in [0.29, 0.717) is 6.04 Å². The lowest BCUT2D eigenvalue weighted by molar-refractivity contribution is 0.206. The Hall–Kier alpha value is -0.940. The first-order valence-corrected chi connectivity index (χ1v) is 6.68. The Morgan fingerprint density at radius 3 is 2.94 bits per heavy atom. The molecule has 1 aliphatic rings. The molecule has 0 radical (unpaired) electrons. The van der Waals surface area contributed by atoms with Crippen LogP contribution in [-0.4, -0.2) is 52.3 Å². The summed E-state index contributed by atoms with van der Waals surface area (Å²) in [6.45, 7) is 7.01. The lowest BCUT2D eigenvalue weighted by Gasteiger charge is -2.31. The summed E-state index contributed by atoms with van der Waals surface area (Å²) >= 11 is 0. The van der Waals surface area contributed by atoms with Gasteiger partial charge in [-0.1, -0.05) is 6.92 Å². The molecule has 2 N–H and O–H groups in total. The number of hydrogen-bond acceptors (Lipinski definition) is 4. The predicted octanol–water partition coefficient (Wildman–Crippen LogP) is 0.811. The molecule has 5 heteroatoms. The Kier molecular flexibility index (Phi) is 4.94. The van der Waals surface area contributed by atoms with E-state index in [0.717, 1.165) is 25.2 Å². The quantitative estimate of drug-likeness (QED) is 0.719. The molecule has 1 saturated heterocycles. The van der Waals surface area contributed by atoms with Crippen LogP contribution in [0.4, 0.5) is 0 Å². The molecule has 0 bridgehead atoms. The van der Waals surface area contributed by atoms with Crippen molar-refractivity contribution in [3.05, 3.63) is 12.2 Å². The third-order valence-corrected chi connectivity index (χ3v) is 3.52. The summed E-state index contributed by atoms with van der Waals surface area (Å²) in [6, 6.07) is 0.715. The molecular formula is C12H23N5. The number of aromatic nitrogens is 3. The van der Waals surface area contributed by atoms with Gasteiger partial charge in [-0.3, -0.25) is 5.10 Å². The van der Waals surface area contributed by atoms with Crippen LogP contribution in [0.1, 0.15) is 32.0 Å². The molecule has 0 aliphatic carbocycles. The minimum Gasteiger partial charge on any atom is -0.314 e. The summed E-state index contributed by atoms with van der Waals surface area (Å²) in [4.78, 5) is 6.64. The highest BCUT2D eigenvalue weighted by Gasteiger charge is 2.16. The Balaban J connectivity index is 1.54. The summed E-state index contributed by atoms with van der Waals surface area (Å²) in [7, 11) is 0. The fourth-order valence-electron chi connectivity index (χ4n) is 2.37. The number of piperidine rings is 1. The van der Waals surface area contributed by atoms with E-state index in [1.165, 1.54) is 32.5 Å². The van der Waals surface area contributed by atoms with Gasteiger partial charge < -0.3 is 10.2 Å². The Morgan fingerprint density at radius 2 is 2.29 bits per heavy atom. The summed E-state index contributed by atoms with van der Waals surface area (Å²) in [5.74, 6) is 0.993. The topological polar surface area (TPSA) is 56.8 Å². The number of hydrogen-bond donors (Lipinski definition) is 2. The smallest absolute Gasteiger partial charge is 0.137 e. The van der Waals surface area contributed by atoms with Gasteiger partial charge in [0.1, 0.15) is 12.2 Å². The maximum Gasteiger partial charge on any atom is 0.137 e. The highest BCUT2D eigenvalue weighted by atomic mass is 15.2. The van der Waals surface area contributed by atoms with Gasteiger partial charge in [0.15, 0.2) is 0 Å². The summed E-state index contributed by atoms with van der Waals surface area (Å²) in [6.07, 6.45) is 6.26. The average molecular weight is 237 g/mol. The van der Waals surface area contributed by atoms with Crippen molar-refractivity contribution in [3.8, 4) is 0 Å². The maximum absolute atomic E-state index is 4.12. The predicted molar refractivity (Wildman–Crippen MR) is 67.8 cm³/mol. The maximum atomic E-state index is 4.12. The summed E-state index contributed by atoms with van der Waals surface area (Å²) in [5.41, 5.74) is 0. The van der Waals surface area contributed by atoms with Crippen molar-refractivity contribution in [2.75, 3.05) is 26.2 Å². The van der Waals surface area contributed by atoms with E-state index in [2.05, 4.69) is 32.3 Å². The van der Waals surface area contributed by atoms with E-state index in [-0.39, 0.29) is 0 Å². The van der Waals surface area contributed by atoms with Gasteiger partial charge in [-0.25, -0.2) is 4.98 Å². The highest BCUT2D eigenvalue weighted by molar-refractivity contribution is 4.81. The molecule has 1 aliphatic heterocycles. The number of rotatable bonds is 6. The molecule has 0 amide bonds. The number of nitrogens with one attached hydrogen (secondary N) is 2. The molecule has 1 aromatic rings. The van der Waals surface area contributed by atoms with Gasteiger partial charge >= 0.3 is 0 Å². The van der Waals surface area contributed by atoms with Crippen LogP contribution >= 0.6 is 0 Å². The molecule has 0 saturated carbocycles. The molecule has 17 heavy (non-hydrogen) atoms. The van der Waals surface area contributed by atoms with Crippen molar-refractivity contribution in [1.29, 1.82) is 0 Å². The van der Waals surface area contributed by atoms with Crippen LogP contribution in [-0.2, 0) is 6.42 Å². The van der Waals surface area contributed by atoms with Crippen molar-refractivity contribution >= 4 is 0 Å². The van der Waals surface area contributed by atoms with E-state index < -0.39 is 0 Å². The summed E-state index contributed by atoms with van der Waals surface area (Å²) in [5, 5.41) is 10.4. The van der Waals surface area contributed by atoms with Crippen molar-refractivity contribution < 1.29 is 0 Å². The van der Waals surface area contributed by atoms with Gasteiger partial charge in [0.05, 0.1) is 0 Å². The standard InChI is InChI=1S/C12H23N5/c1-2-17-8-5-11(6-9-17)13-7-3-4-12-14-10-15-16-12/h10-11,13H,2-9H2,1H3,(H,14,15,16). The third-order valence-electron chi connectivity index (χ3n) is 3.52. The third kappa shape index (κ3) is 4.09. The molecule has 1 fully saturated rings. The Morgan fingerprint density at radius 1 is 1.47 bits per heavy atom. The second kappa shape index (κ2) is 6.71. The van der Waals surface area contributed by atoms with Gasteiger partial charge in [-0.2, -0.15) is 5.10 Å². The Labute approximate surface area is 103 Å². The first-order chi connectivity index (χ1) is 8.38. The van der Waals surface area contributed by atoms with Crippen LogP contribution in [0.25, 0.3) is 0 Å². The van der Waals surface area contributed by atoms with Crippen molar-refractivity contribution in [2.45, 2.75) is 38.6 Å². The van der Waals surface area contributed by atoms with E-state index in [9.17, 15) is 0 Å². The van der Waals surface area contributed by atoms with Crippen LogP contribution in [0.15, 0.2) is 6.33 Å². The number of nitrogens with zero attached hydrogens (tertiary/aromatic N) is 3. The zero-order valence-corrected chi connectivity index (χ0v) is 10.7. The zero-order chi connectivity index (χ0) is 11.9. The number of aryl methyl sites for hydroxylation is 1. The SMILES string of the molecule is CCN1CCC(NCCCc2ncn[nH]2)CC1. The minimum atomic E-state index is 0.715. The van der Waals surface area contributed by atoms with Crippen LogP contribution in [0, 0.1) is 0 Å². The fraction of sp³-hybridized carbons (Fsp3) is 0.833. The number of likely N-dealkylation sites (tertiary alicyclic amines) is 1. The largest absolute Gasteiger partial charge is 0.314 e. The van der Waals surface area contributed by atoms with E-state index >= 15 is 0 Å². The second-order valence-corrected chi connectivity index (χ2v) is 4.70.